The molecule has 0 aromatic rings. The lowest BCUT2D eigenvalue weighted by molar-refractivity contribution is 0.149. The maximum absolute atomic E-state index is 9.08. The Morgan fingerprint density at radius 1 is 1.27 bits per heavy atom. The van der Waals surface area contributed by atoms with Crippen molar-refractivity contribution in [2.24, 2.45) is 11.7 Å². The van der Waals surface area contributed by atoms with Crippen LogP contribution in [0.4, 0.5) is 0 Å². The maximum atomic E-state index is 9.08. The zero-order chi connectivity index (χ0) is 12.1. The van der Waals surface area contributed by atoms with Crippen LogP contribution in [0.3, 0.4) is 0 Å². The summed E-state index contributed by atoms with van der Waals surface area (Å²) in [5.41, 5.74) is 5.48. The summed E-state index contributed by atoms with van der Waals surface area (Å²) < 4.78 is 0. The third kappa shape index (κ3) is 6.88. The summed E-state index contributed by atoms with van der Waals surface area (Å²) in [5.74, 6) is 0.672. The molecule has 0 rings (SSSR count). The molecule has 1 unspecified atom stereocenters. The lowest BCUT2D eigenvalue weighted by Gasteiger charge is -2.31. The largest absolute Gasteiger partial charge is 0.394 e. The van der Waals surface area contributed by atoms with Crippen molar-refractivity contribution in [3.8, 4) is 0 Å². The highest BCUT2D eigenvalue weighted by atomic mass is 16.3. The standard InChI is InChI=1S/C12H28N2O/c1-10(2)8-14(11(3)4)7-6-12(5,13)9-15/h10-11,15H,6-9,13H2,1-5H3. The van der Waals surface area contributed by atoms with Crippen molar-refractivity contribution >= 4 is 0 Å². The summed E-state index contributed by atoms with van der Waals surface area (Å²) >= 11 is 0. The van der Waals surface area contributed by atoms with Gasteiger partial charge in [0.05, 0.1) is 6.61 Å². The van der Waals surface area contributed by atoms with E-state index < -0.39 is 5.54 Å². The number of hydrogen-bond donors (Lipinski definition) is 2. The lowest BCUT2D eigenvalue weighted by atomic mass is 9.99. The molecule has 3 heteroatoms. The first-order chi connectivity index (χ1) is 6.78. The third-order valence-electron chi connectivity index (χ3n) is 2.66. The van der Waals surface area contributed by atoms with Crippen molar-refractivity contribution in [2.45, 2.75) is 52.6 Å². The summed E-state index contributed by atoms with van der Waals surface area (Å²) in [5, 5.41) is 9.08. The van der Waals surface area contributed by atoms with Crippen molar-refractivity contribution in [3.63, 3.8) is 0 Å². The van der Waals surface area contributed by atoms with Gasteiger partial charge in [0.15, 0.2) is 0 Å². The molecule has 0 aliphatic carbocycles. The highest BCUT2D eigenvalue weighted by Crippen LogP contribution is 2.10. The molecule has 0 aromatic carbocycles. The smallest absolute Gasteiger partial charge is 0.0608 e. The minimum atomic E-state index is -0.440. The predicted molar refractivity (Wildman–Crippen MR) is 65.8 cm³/mol. The second-order valence-electron chi connectivity index (χ2n) is 5.54. The molecule has 0 amide bonds. The molecular formula is C12H28N2O. The van der Waals surface area contributed by atoms with E-state index in [1.165, 1.54) is 0 Å². The average molecular weight is 216 g/mol. The van der Waals surface area contributed by atoms with Crippen molar-refractivity contribution in [1.82, 2.24) is 4.90 Å². The first-order valence-electron chi connectivity index (χ1n) is 5.92. The number of hydrogen-bond acceptors (Lipinski definition) is 3. The van der Waals surface area contributed by atoms with Gasteiger partial charge in [-0.15, -0.1) is 0 Å². The summed E-state index contributed by atoms with van der Waals surface area (Å²) in [6.07, 6.45) is 0.842. The molecule has 0 spiro atoms. The number of rotatable bonds is 7. The Kier molecular flexibility index (Phi) is 6.41. The highest BCUT2D eigenvalue weighted by Gasteiger charge is 2.20. The quantitative estimate of drug-likeness (QED) is 0.677. The van der Waals surface area contributed by atoms with Gasteiger partial charge >= 0.3 is 0 Å². The van der Waals surface area contributed by atoms with Crippen LogP contribution in [0.25, 0.3) is 0 Å². The second kappa shape index (κ2) is 6.46. The van der Waals surface area contributed by atoms with E-state index in [1.807, 2.05) is 6.92 Å². The normalized spacial score (nSPS) is 16.4. The first kappa shape index (κ1) is 14.9. The van der Waals surface area contributed by atoms with Crippen LogP contribution in [0.2, 0.25) is 0 Å². The molecular weight excluding hydrogens is 188 g/mol. The molecule has 0 radical (unpaired) electrons. The monoisotopic (exact) mass is 216 g/mol. The molecule has 0 aliphatic rings. The molecule has 92 valence electrons. The molecule has 15 heavy (non-hydrogen) atoms. The molecule has 1 atom stereocenters. The van der Waals surface area contributed by atoms with Gasteiger partial charge in [0.25, 0.3) is 0 Å². The molecule has 0 heterocycles. The van der Waals surface area contributed by atoms with Gasteiger partial charge in [-0.25, -0.2) is 0 Å². The molecule has 0 aromatic heterocycles. The SMILES string of the molecule is CC(C)CN(CCC(C)(N)CO)C(C)C. The van der Waals surface area contributed by atoms with Crippen molar-refractivity contribution in [3.05, 3.63) is 0 Å². The minimum Gasteiger partial charge on any atom is -0.394 e. The van der Waals surface area contributed by atoms with E-state index in [2.05, 4.69) is 32.6 Å². The number of aliphatic hydroxyl groups excluding tert-OH is 1. The Balaban J connectivity index is 4.07. The Labute approximate surface area is 94.6 Å². The second-order valence-corrected chi connectivity index (χ2v) is 5.54. The van der Waals surface area contributed by atoms with E-state index in [4.69, 9.17) is 10.8 Å². The van der Waals surface area contributed by atoms with E-state index in [1.54, 1.807) is 0 Å². The van der Waals surface area contributed by atoms with Crippen LogP contribution in [0.5, 0.6) is 0 Å². The predicted octanol–water partition coefficient (Wildman–Crippen LogP) is 1.45. The van der Waals surface area contributed by atoms with Crippen LogP contribution in [-0.2, 0) is 0 Å². The lowest BCUT2D eigenvalue weighted by Crippen LogP contribution is -2.45. The molecule has 0 fully saturated rings. The maximum Gasteiger partial charge on any atom is 0.0608 e. The highest BCUT2D eigenvalue weighted by molar-refractivity contribution is 4.79. The van der Waals surface area contributed by atoms with Crippen molar-refractivity contribution in [2.75, 3.05) is 19.7 Å². The van der Waals surface area contributed by atoms with Gasteiger partial charge in [-0.3, -0.25) is 0 Å². The van der Waals surface area contributed by atoms with Gasteiger partial charge in [0.2, 0.25) is 0 Å². The zero-order valence-corrected chi connectivity index (χ0v) is 11.0. The fraction of sp³-hybridized carbons (Fsp3) is 1.00. The fourth-order valence-corrected chi connectivity index (χ4v) is 1.51. The topological polar surface area (TPSA) is 49.5 Å². The van der Waals surface area contributed by atoms with Crippen LogP contribution in [0.15, 0.2) is 0 Å². The van der Waals surface area contributed by atoms with Gasteiger partial charge in [-0.05, 0) is 33.1 Å². The fourth-order valence-electron chi connectivity index (χ4n) is 1.51. The van der Waals surface area contributed by atoms with Crippen molar-refractivity contribution < 1.29 is 5.11 Å². The van der Waals surface area contributed by atoms with Gasteiger partial charge < -0.3 is 15.7 Å². The van der Waals surface area contributed by atoms with E-state index in [0.29, 0.717) is 12.0 Å². The van der Waals surface area contributed by atoms with Crippen LogP contribution in [-0.4, -0.2) is 41.3 Å². The summed E-state index contributed by atoms with van der Waals surface area (Å²) in [6.45, 7) is 12.9. The van der Waals surface area contributed by atoms with E-state index in [-0.39, 0.29) is 6.61 Å². The van der Waals surface area contributed by atoms with Crippen LogP contribution in [0.1, 0.15) is 41.0 Å². The van der Waals surface area contributed by atoms with Crippen LogP contribution in [0, 0.1) is 5.92 Å². The molecule has 0 saturated heterocycles. The Bertz CT molecular complexity index is 167. The van der Waals surface area contributed by atoms with Gasteiger partial charge in [0, 0.05) is 24.7 Å². The Hall–Kier alpha value is -0.120. The summed E-state index contributed by atoms with van der Waals surface area (Å²) in [4.78, 5) is 2.42. The van der Waals surface area contributed by atoms with E-state index in [0.717, 1.165) is 19.5 Å². The molecule has 3 nitrogen and oxygen atoms in total. The van der Waals surface area contributed by atoms with E-state index >= 15 is 0 Å². The molecule has 0 saturated carbocycles. The summed E-state index contributed by atoms with van der Waals surface area (Å²) in [6, 6.07) is 0.543. The first-order valence-corrected chi connectivity index (χ1v) is 5.92. The Morgan fingerprint density at radius 2 is 1.80 bits per heavy atom. The molecule has 3 N–H and O–H groups in total. The number of nitrogens with two attached hydrogens (primary N) is 1. The van der Waals surface area contributed by atoms with Crippen LogP contribution < -0.4 is 5.73 Å². The number of aliphatic hydroxyl groups is 1. The zero-order valence-electron chi connectivity index (χ0n) is 11.0. The minimum absolute atomic E-state index is 0.0562. The Morgan fingerprint density at radius 3 is 2.13 bits per heavy atom. The van der Waals surface area contributed by atoms with Gasteiger partial charge in [-0.1, -0.05) is 13.8 Å². The van der Waals surface area contributed by atoms with Gasteiger partial charge in [-0.2, -0.15) is 0 Å². The summed E-state index contributed by atoms with van der Waals surface area (Å²) in [7, 11) is 0. The third-order valence-corrected chi connectivity index (χ3v) is 2.66. The molecule has 0 aliphatic heterocycles. The van der Waals surface area contributed by atoms with Gasteiger partial charge in [0.1, 0.15) is 0 Å². The molecule has 0 bridgehead atoms. The van der Waals surface area contributed by atoms with Crippen LogP contribution >= 0.6 is 0 Å². The average Bonchev–Trinajstić information content (AvgIpc) is 2.11. The number of nitrogens with zero attached hydrogens (tertiary/aromatic N) is 1. The van der Waals surface area contributed by atoms with Crippen molar-refractivity contribution in [1.29, 1.82) is 0 Å². The van der Waals surface area contributed by atoms with E-state index in [9.17, 15) is 0 Å².